The van der Waals surface area contributed by atoms with Crippen LogP contribution in [-0.2, 0) is 48.0 Å². The maximum Gasteiger partial charge on any atom is 0.411 e. The van der Waals surface area contributed by atoms with Gasteiger partial charge in [0.2, 0.25) is 0 Å². The van der Waals surface area contributed by atoms with E-state index in [2.05, 4.69) is 17.8 Å². The van der Waals surface area contributed by atoms with Crippen molar-refractivity contribution in [3.8, 4) is 0 Å². The molecule has 13 nitrogen and oxygen atoms in total. The Morgan fingerprint density at radius 3 is 1.23 bits per heavy atom. The molecule has 0 aromatic heterocycles. The molecule has 0 rings (SSSR count). The first-order valence-electron chi connectivity index (χ1n) is 11.1. The lowest BCUT2D eigenvalue weighted by Crippen LogP contribution is -2.40. The first-order valence-corrected chi connectivity index (χ1v) is 13.9. The number of alkyl halides is 6. The highest BCUT2D eigenvalue weighted by atomic mass is 32.3. The number of rotatable bonds is 21. The Kier molecular flexibility index (Phi) is 15.2. The van der Waals surface area contributed by atoms with E-state index in [9.17, 15) is 48.4 Å². The van der Waals surface area contributed by atoms with Gasteiger partial charge in [-0.1, -0.05) is 27.7 Å². The molecule has 0 aliphatic carbocycles. The van der Waals surface area contributed by atoms with Crippen LogP contribution in [0.5, 0.6) is 0 Å². The summed E-state index contributed by atoms with van der Waals surface area (Å²) in [5.41, 5.74) is -3.77. The molecule has 0 heterocycles. The van der Waals surface area contributed by atoms with Gasteiger partial charge in [-0.3, -0.25) is 13.6 Å². The largest absolute Gasteiger partial charge is 0.773 e. The number of ether oxygens (including phenoxy) is 4. The Labute approximate surface area is 228 Å². The van der Waals surface area contributed by atoms with Gasteiger partial charge < -0.3 is 24.2 Å². The smallest absolute Gasteiger partial charge is 0.411 e. The molecule has 0 radical (unpaired) electrons. The van der Waals surface area contributed by atoms with Crippen molar-refractivity contribution in [2.24, 2.45) is 16.2 Å². The summed E-state index contributed by atoms with van der Waals surface area (Å²) >= 11 is 0. The van der Waals surface area contributed by atoms with Gasteiger partial charge in [-0.15, -0.1) is 0 Å². The number of hydrogen-bond acceptors (Lipinski definition) is 11. The molecule has 0 spiro atoms. The molecule has 0 aromatic carbocycles. The summed E-state index contributed by atoms with van der Waals surface area (Å²) in [6.45, 7) is -1.41. The van der Waals surface area contributed by atoms with Crippen molar-refractivity contribution in [2.45, 2.75) is 40.0 Å². The molecule has 40 heavy (non-hydrogen) atoms. The summed E-state index contributed by atoms with van der Waals surface area (Å²) < 4.78 is 157. The molecule has 2 atom stereocenters. The fourth-order valence-electron chi connectivity index (χ4n) is 2.73. The molecule has 2 unspecified atom stereocenters. The van der Waals surface area contributed by atoms with E-state index in [0.717, 1.165) is 0 Å². The predicted molar refractivity (Wildman–Crippen MR) is 124 cm³/mol. The van der Waals surface area contributed by atoms with E-state index in [1.807, 2.05) is 0 Å². The van der Waals surface area contributed by atoms with Crippen LogP contribution < -0.4 is 4.89 Å². The third-order valence-electron chi connectivity index (χ3n) is 4.54. The fraction of sp³-hybridized carbons (Fsp3) is 1.00. The summed E-state index contributed by atoms with van der Waals surface area (Å²) in [5, 5.41) is 10.4. The molecular weight excluding hydrogens is 612 g/mol. The van der Waals surface area contributed by atoms with E-state index in [0.29, 0.717) is 4.89 Å². The molecule has 0 aliphatic rings. The third kappa shape index (κ3) is 20.9. The maximum absolute atomic E-state index is 12.4. The minimum Gasteiger partial charge on any atom is -0.773 e. The van der Waals surface area contributed by atoms with Gasteiger partial charge in [-0.2, -0.15) is 43.2 Å². The van der Waals surface area contributed by atoms with Crippen molar-refractivity contribution in [1.82, 2.24) is 4.89 Å². The molecule has 0 amide bonds. The zero-order valence-electron chi connectivity index (χ0n) is 22.1. The molecule has 0 saturated carbocycles. The summed E-state index contributed by atoms with van der Waals surface area (Å²) in [6.07, 6.45) is -9.32. The number of nitrogens with one attached hydrogen (secondary N) is 1. The Morgan fingerprint density at radius 1 is 0.600 bits per heavy atom. The predicted octanol–water partition coefficient (Wildman–Crippen LogP) is 2.38. The number of halogens is 6. The molecule has 0 saturated heterocycles. The van der Waals surface area contributed by atoms with Crippen LogP contribution in [0.2, 0.25) is 0 Å². The molecular formula is C19H34F6NO12S2-. The van der Waals surface area contributed by atoms with Gasteiger partial charge in [0.1, 0.15) is 13.2 Å². The van der Waals surface area contributed by atoms with Crippen LogP contribution in [0.15, 0.2) is 0 Å². The van der Waals surface area contributed by atoms with E-state index in [4.69, 9.17) is 14.0 Å². The zero-order valence-corrected chi connectivity index (χ0v) is 23.7. The highest BCUT2D eigenvalue weighted by Crippen LogP contribution is 2.26. The van der Waals surface area contributed by atoms with E-state index >= 15 is 0 Å². The van der Waals surface area contributed by atoms with Crippen LogP contribution in [0.4, 0.5) is 26.3 Å². The molecule has 0 bridgehead atoms. The second-order valence-electron chi connectivity index (χ2n) is 10.5. The van der Waals surface area contributed by atoms with Crippen LogP contribution in [0.3, 0.4) is 0 Å². The van der Waals surface area contributed by atoms with Crippen molar-refractivity contribution >= 4 is 20.7 Å². The highest BCUT2D eigenvalue weighted by molar-refractivity contribution is 7.84. The molecule has 21 heteroatoms. The SMILES string of the molecule is CC(C)(COCC(C)(COCC(F)(F)F)COS(=O)(=O)O)COCC(C)(COCC(F)(F)F)COS(=O)(=O)N[O-]. The van der Waals surface area contributed by atoms with Crippen LogP contribution in [-0.4, -0.2) is 99.8 Å². The quantitative estimate of drug-likeness (QED) is 0.106. The second kappa shape index (κ2) is 15.5. The van der Waals surface area contributed by atoms with Gasteiger partial charge in [0.05, 0.1) is 52.9 Å². The fourth-order valence-corrected chi connectivity index (χ4v) is 3.65. The Hall–Kier alpha value is -0.880. The third-order valence-corrected chi connectivity index (χ3v) is 5.59. The monoisotopic (exact) mass is 646 g/mol. The average molecular weight is 647 g/mol. The first-order chi connectivity index (χ1) is 17.8. The van der Waals surface area contributed by atoms with Crippen molar-refractivity contribution in [1.29, 1.82) is 0 Å². The van der Waals surface area contributed by atoms with Gasteiger partial charge in [0.25, 0.3) is 0 Å². The Balaban J connectivity index is 5.10. The number of hydrogen-bond donors (Lipinski definition) is 2. The molecule has 242 valence electrons. The van der Waals surface area contributed by atoms with Gasteiger partial charge in [-0.25, -0.2) is 4.18 Å². The second-order valence-corrected chi connectivity index (χ2v) is 12.9. The van der Waals surface area contributed by atoms with Gasteiger partial charge in [0.15, 0.2) is 0 Å². The minimum absolute atomic E-state index is 0.139. The zero-order chi connectivity index (χ0) is 31.5. The topological polar surface area (TPSA) is 179 Å². The molecule has 0 aromatic rings. The standard InChI is InChI=1S/C19H34F6NO12S2/c1-15(2,6-34-8-17(4,12-38-40(30,31)32)10-36-14-19(23,24)25)5-33-7-16(3,9-35-13-18(20,21)22)11-37-39(28,29)26-27/h26H,5-14H2,1-4H3,(H,30,31,32)/q-1. The van der Waals surface area contributed by atoms with Crippen molar-refractivity contribution < 1.29 is 75.0 Å². The molecule has 0 fully saturated rings. The lowest BCUT2D eigenvalue weighted by Gasteiger charge is -2.33. The normalized spacial score (nSPS) is 17.0. The van der Waals surface area contributed by atoms with Crippen LogP contribution in [0.1, 0.15) is 27.7 Å². The van der Waals surface area contributed by atoms with Crippen LogP contribution in [0.25, 0.3) is 0 Å². The lowest BCUT2D eigenvalue weighted by atomic mass is 9.92. The Bertz CT molecular complexity index is 962. The lowest BCUT2D eigenvalue weighted by molar-refractivity contribution is -0.185. The summed E-state index contributed by atoms with van der Waals surface area (Å²) in [5.74, 6) is 0. The van der Waals surface area contributed by atoms with E-state index in [1.54, 1.807) is 13.8 Å². The van der Waals surface area contributed by atoms with Crippen molar-refractivity contribution in [2.75, 3.05) is 66.1 Å². The molecule has 2 N–H and O–H groups in total. The Morgan fingerprint density at radius 2 is 0.925 bits per heavy atom. The van der Waals surface area contributed by atoms with Crippen LogP contribution >= 0.6 is 0 Å². The summed E-state index contributed by atoms with van der Waals surface area (Å²) in [7, 11) is -9.63. The maximum atomic E-state index is 12.4. The minimum atomic E-state index is -4.92. The van der Waals surface area contributed by atoms with E-state index < -0.39 is 95.5 Å². The summed E-state index contributed by atoms with van der Waals surface area (Å²) in [4.78, 5) is 0.648. The van der Waals surface area contributed by atoms with Gasteiger partial charge >= 0.3 is 33.1 Å². The van der Waals surface area contributed by atoms with Gasteiger partial charge in [0, 0.05) is 16.2 Å². The highest BCUT2D eigenvalue weighted by Gasteiger charge is 2.35. The van der Waals surface area contributed by atoms with Crippen molar-refractivity contribution in [3.63, 3.8) is 0 Å². The first kappa shape index (κ1) is 39.1. The van der Waals surface area contributed by atoms with E-state index in [1.165, 1.54) is 13.8 Å². The van der Waals surface area contributed by atoms with E-state index in [-0.39, 0.29) is 19.8 Å². The van der Waals surface area contributed by atoms with Crippen molar-refractivity contribution in [3.05, 3.63) is 5.21 Å². The average Bonchev–Trinajstić information content (AvgIpc) is 2.74. The van der Waals surface area contributed by atoms with Crippen LogP contribution in [0, 0.1) is 21.5 Å². The molecule has 0 aliphatic heterocycles. The summed E-state index contributed by atoms with van der Waals surface area (Å²) in [6, 6.07) is 0. The van der Waals surface area contributed by atoms with Gasteiger partial charge in [-0.05, 0) is 0 Å².